The van der Waals surface area contributed by atoms with Gasteiger partial charge in [-0.05, 0) is 6.92 Å². The molecule has 0 aromatic carbocycles. The lowest BCUT2D eigenvalue weighted by Crippen LogP contribution is -2.10. The molecule has 0 unspecified atom stereocenters. The summed E-state index contributed by atoms with van der Waals surface area (Å²) in [6.45, 7) is 4.83. The lowest BCUT2D eigenvalue weighted by atomic mass is 10.2. The first-order valence-electron chi connectivity index (χ1n) is 3.43. The van der Waals surface area contributed by atoms with Crippen LogP contribution < -0.4 is 5.11 Å². The molecule has 1 aliphatic rings. The van der Waals surface area contributed by atoms with Crippen LogP contribution in [0, 0.1) is 0 Å². The smallest absolute Gasteiger partial charge is 0.232 e. The first-order valence-corrected chi connectivity index (χ1v) is 3.43. The van der Waals surface area contributed by atoms with Crippen molar-refractivity contribution in [2.45, 2.75) is 6.92 Å². The van der Waals surface area contributed by atoms with Crippen LogP contribution in [0.3, 0.4) is 0 Å². The largest absolute Gasteiger partial charge is 0.871 e. The maximum atomic E-state index is 11.2. The first kappa shape index (κ1) is 8.46. The van der Waals surface area contributed by atoms with Crippen molar-refractivity contribution in [3.63, 3.8) is 0 Å². The van der Waals surface area contributed by atoms with E-state index < -0.39 is 17.3 Å². The molecular formula is C9H7O3-. The van der Waals surface area contributed by atoms with Gasteiger partial charge >= 0.3 is 0 Å². The van der Waals surface area contributed by atoms with Crippen LogP contribution in [0.2, 0.25) is 0 Å². The average Bonchev–Trinajstić information content (AvgIpc) is 2.25. The van der Waals surface area contributed by atoms with E-state index in [0.29, 0.717) is 0 Å². The van der Waals surface area contributed by atoms with Crippen molar-refractivity contribution in [1.82, 2.24) is 0 Å². The second kappa shape index (κ2) is 2.77. The minimum Gasteiger partial charge on any atom is -0.871 e. The first-order chi connectivity index (χ1) is 5.63. The molecule has 0 N–H and O–H groups in total. The van der Waals surface area contributed by atoms with Gasteiger partial charge in [-0.25, -0.2) is 0 Å². The normalized spacial score (nSPS) is 20.9. The van der Waals surface area contributed by atoms with E-state index >= 15 is 0 Å². The van der Waals surface area contributed by atoms with Gasteiger partial charge in [0.05, 0.1) is 0 Å². The zero-order valence-corrected chi connectivity index (χ0v) is 6.59. The minimum absolute atomic E-state index is 0.0464. The molecule has 0 saturated carbocycles. The molecule has 0 amide bonds. The Morgan fingerprint density at radius 3 is 2.17 bits per heavy atom. The van der Waals surface area contributed by atoms with Crippen molar-refractivity contribution in [1.29, 1.82) is 0 Å². The maximum Gasteiger partial charge on any atom is 0.232 e. The second-order valence-electron chi connectivity index (χ2n) is 2.31. The van der Waals surface area contributed by atoms with E-state index in [2.05, 4.69) is 6.58 Å². The van der Waals surface area contributed by atoms with E-state index in [0.717, 1.165) is 6.08 Å². The van der Waals surface area contributed by atoms with E-state index in [1.54, 1.807) is 6.92 Å². The fourth-order valence-electron chi connectivity index (χ4n) is 1.04. The van der Waals surface area contributed by atoms with Gasteiger partial charge in [-0.15, -0.1) is 0 Å². The Hall–Kier alpha value is -1.64. The molecule has 0 fully saturated rings. The molecule has 62 valence electrons. The van der Waals surface area contributed by atoms with Gasteiger partial charge in [0.15, 0.2) is 0 Å². The summed E-state index contributed by atoms with van der Waals surface area (Å²) < 4.78 is 0. The standard InChI is InChI=1S/C9H8O3/c1-3-5-7(10)6(4-2)9(12)8(5)11/h3-4,10H,1H2,2H3/p-1/b6-4-. The van der Waals surface area contributed by atoms with Crippen LogP contribution in [0.5, 0.6) is 0 Å². The highest BCUT2D eigenvalue weighted by Crippen LogP contribution is 2.21. The van der Waals surface area contributed by atoms with Crippen molar-refractivity contribution in [2.24, 2.45) is 0 Å². The lowest BCUT2D eigenvalue weighted by Gasteiger charge is -2.06. The predicted molar refractivity (Wildman–Crippen MR) is 41.0 cm³/mol. The van der Waals surface area contributed by atoms with Crippen LogP contribution in [-0.4, -0.2) is 11.6 Å². The fourth-order valence-corrected chi connectivity index (χ4v) is 1.04. The molecule has 12 heavy (non-hydrogen) atoms. The molecular weight excluding hydrogens is 156 g/mol. The number of Topliss-reactive ketones (excluding diaryl/α,β-unsaturated/α-hetero) is 2. The predicted octanol–water partition coefficient (Wildman–Crippen LogP) is -0.115. The zero-order chi connectivity index (χ0) is 9.30. The number of hydrogen-bond donors (Lipinski definition) is 0. The highest BCUT2D eigenvalue weighted by atomic mass is 16.3. The molecule has 0 aromatic rings. The Kier molecular flexibility index (Phi) is 1.95. The summed E-state index contributed by atoms with van der Waals surface area (Å²) in [6, 6.07) is 0. The van der Waals surface area contributed by atoms with E-state index in [-0.39, 0.29) is 11.1 Å². The third-order valence-electron chi connectivity index (χ3n) is 1.68. The summed E-state index contributed by atoms with van der Waals surface area (Å²) in [4.78, 5) is 22.0. The highest BCUT2D eigenvalue weighted by Gasteiger charge is 2.28. The maximum absolute atomic E-state index is 11.2. The summed E-state index contributed by atoms with van der Waals surface area (Å²) in [5.41, 5.74) is -0.164. The van der Waals surface area contributed by atoms with Crippen LogP contribution in [0.4, 0.5) is 0 Å². The molecule has 0 heterocycles. The molecule has 0 spiro atoms. The molecule has 0 aliphatic heterocycles. The van der Waals surface area contributed by atoms with Gasteiger partial charge in [-0.1, -0.05) is 24.5 Å². The van der Waals surface area contributed by atoms with Crippen molar-refractivity contribution in [3.05, 3.63) is 35.6 Å². The summed E-state index contributed by atoms with van der Waals surface area (Å²) in [5, 5.41) is 11.2. The van der Waals surface area contributed by atoms with Crippen LogP contribution in [0.1, 0.15) is 6.92 Å². The van der Waals surface area contributed by atoms with Crippen LogP contribution in [-0.2, 0) is 9.59 Å². The van der Waals surface area contributed by atoms with E-state index in [9.17, 15) is 14.7 Å². The number of allylic oxidation sites excluding steroid dienone is 4. The Morgan fingerprint density at radius 2 is 1.92 bits per heavy atom. The van der Waals surface area contributed by atoms with Crippen LogP contribution in [0.15, 0.2) is 35.6 Å². The summed E-state index contributed by atoms with van der Waals surface area (Å²) in [7, 11) is 0. The summed E-state index contributed by atoms with van der Waals surface area (Å²) in [5.74, 6) is -1.98. The van der Waals surface area contributed by atoms with Crippen LogP contribution in [0.25, 0.3) is 0 Å². The Morgan fingerprint density at radius 1 is 1.33 bits per heavy atom. The van der Waals surface area contributed by atoms with Gasteiger partial charge in [0.1, 0.15) is 0 Å². The molecule has 0 atom stereocenters. The van der Waals surface area contributed by atoms with E-state index in [1.807, 2.05) is 0 Å². The van der Waals surface area contributed by atoms with Gasteiger partial charge < -0.3 is 5.11 Å². The number of rotatable bonds is 1. The van der Waals surface area contributed by atoms with E-state index in [4.69, 9.17) is 0 Å². The van der Waals surface area contributed by atoms with Gasteiger partial charge in [-0.2, -0.15) is 0 Å². The van der Waals surface area contributed by atoms with Gasteiger partial charge in [-0.3, -0.25) is 9.59 Å². The Balaban J connectivity index is 3.33. The molecule has 3 nitrogen and oxygen atoms in total. The lowest BCUT2D eigenvalue weighted by molar-refractivity contribution is -0.297. The van der Waals surface area contributed by atoms with Gasteiger partial charge in [0.2, 0.25) is 11.6 Å². The van der Waals surface area contributed by atoms with Crippen LogP contribution >= 0.6 is 0 Å². The number of carbonyl (C=O) groups excluding carboxylic acids is 2. The number of hydrogen-bond acceptors (Lipinski definition) is 3. The summed E-state index contributed by atoms with van der Waals surface area (Å²) in [6.07, 6.45) is 2.47. The van der Waals surface area contributed by atoms with Crippen molar-refractivity contribution < 1.29 is 14.7 Å². The molecule has 0 aromatic heterocycles. The van der Waals surface area contributed by atoms with Gasteiger partial charge in [0, 0.05) is 11.1 Å². The minimum atomic E-state index is -0.747. The molecule has 0 bridgehead atoms. The number of carbonyl (C=O) groups is 2. The van der Waals surface area contributed by atoms with Crippen molar-refractivity contribution >= 4 is 11.6 Å². The molecule has 0 radical (unpaired) electrons. The number of ketones is 2. The molecule has 0 saturated heterocycles. The second-order valence-corrected chi connectivity index (χ2v) is 2.31. The fraction of sp³-hybridized carbons (Fsp3) is 0.111. The topological polar surface area (TPSA) is 57.2 Å². The zero-order valence-electron chi connectivity index (χ0n) is 6.59. The summed E-state index contributed by atoms with van der Waals surface area (Å²) >= 11 is 0. The molecule has 1 aliphatic carbocycles. The quantitative estimate of drug-likeness (QED) is 0.400. The monoisotopic (exact) mass is 163 g/mol. The van der Waals surface area contributed by atoms with Gasteiger partial charge in [0.25, 0.3) is 0 Å². The average molecular weight is 163 g/mol. The third-order valence-corrected chi connectivity index (χ3v) is 1.68. The highest BCUT2D eigenvalue weighted by molar-refractivity contribution is 6.53. The SMILES string of the molecule is C=CC1=C([O-])/C(=C/C)C(=O)C1=O. The molecule has 3 heteroatoms. The van der Waals surface area contributed by atoms with Crippen molar-refractivity contribution in [3.8, 4) is 0 Å². The Labute approximate surface area is 69.7 Å². The van der Waals surface area contributed by atoms with E-state index in [1.165, 1.54) is 6.08 Å². The molecule has 1 rings (SSSR count). The van der Waals surface area contributed by atoms with Crippen molar-refractivity contribution in [2.75, 3.05) is 0 Å². The Bertz CT molecular complexity index is 332. The third kappa shape index (κ3) is 0.906.